The zero-order valence-electron chi connectivity index (χ0n) is 26.5. The first-order valence-electron chi connectivity index (χ1n) is 16.7. The maximum absolute atomic E-state index is 14.3. The van der Waals surface area contributed by atoms with E-state index in [0.717, 1.165) is 89.7 Å². The van der Waals surface area contributed by atoms with Crippen LogP contribution in [0.25, 0.3) is 0 Å². The van der Waals surface area contributed by atoms with E-state index in [2.05, 4.69) is 46.0 Å². The van der Waals surface area contributed by atoms with Crippen LogP contribution in [0, 0.1) is 17.3 Å². The summed E-state index contributed by atoms with van der Waals surface area (Å²) in [6.07, 6.45) is 6.76. The first-order chi connectivity index (χ1) is 21.3. The maximum Gasteiger partial charge on any atom is 0.260 e. The molecule has 2 heterocycles. The number of piperazine rings is 2. The summed E-state index contributed by atoms with van der Waals surface area (Å²) in [4.78, 5) is 35.8. The highest BCUT2D eigenvalue weighted by Crippen LogP contribution is 2.66. The highest BCUT2D eigenvalue weighted by atomic mass is 16.5. The van der Waals surface area contributed by atoms with Gasteiger partial charge >= 0.3 is 0 Å². The highest BCUT2D eigenvalue weighted by Gasteiger charge is 2.61. The van der Waals surface area contributed by atoms with Crippen LogP contribution in [0.5, 0.6) is 11.5 Å². The summed E-state index contributed by atoms with van der Waals surface area (Å²) in [5, 5.41) is 0. The van der Waals surface area contributed by atoms with Gasteiger partial charge in [0.1, 0.15) is 11.5 Å². The van der Waals surface area contributed by atoms with E-state index >= 15 is 0 Å². The zero-order valence-corrected chi connectivity index (χ0v) is 26.5. The van der Waals surface area contributed by atoms with Gasteiger partial charge in [0.2, 0.25) is 5.91 Å². The first-order valence-corrected chi connectivity index (χ1v) is 16.7. The first kappa shape index (κ1) is 29.6. The number of rotatable bonds is 8. The second kappa shape index (κ2) is 12.0. The Morgan fingerprint density at radius 1 is 0.773 bits per heavy atom. The number of carbonyl (C=O) groups is 2. The molecule has 6 aliphatic rings. The molecule has 6 fully saturated rings. The minimum atomic E-state index is -0.216. The average Bonchev–Trinajstić information content (AvgIpc) is 3.04. The van der Waals surface area contributed by atoms with E-state index in [1.165, 1.54) is 30.4 Å². The molecule has 4 bridgehead atoms. The maximum atomic E-state index is 14.3. The van der Waals surface area contributed by atoms with Crippen molar-refractivity contribution in [3.05, 3.63) is 59.7 Å². The van der Waals surface area contributed by atoms with Gasteiger partial charge in [0, 0.05) is 58.9 Å². The summed E-state index contributed by atoms with van der Waals surface area (Å²) < 4.78 is 11.2. The molecule has 0 spiro atoms. The van der Waals surface area contributed by atoms with Crippen LogP contribution in [-0.2, 0) is 21.5 Å². The number of amides is 2. The summed E-state index contributed by atoms with van der Waals surface area (Å²) >= 11 is 0. The normalized spacial score (nSPS) is 30.4. The third-order valence-electron chi connectivity index (χ3n) is 11.4. The molecule has 0 N–H and O–H groups in total. The van der Waals surface area contributed by atoms with Crippen molar-refractivity contribution >= 4 is 11.8 Å². The lowest BCUT2D eigenvalue weighted by Crippen LogP contribution is -2.61. The van der Waals surface area contributed by atoms with Gasteiger partial charge in [-0.05, 0) is 98.2 Å². The molecule has 8 rings (SSSR count). The van der Waals surface area contributed by atoms with E-state index < -0.39 is 0 Å². The molecule has 2 saturated heterocycles. The molecule has 8 nitrogen and oxygen atoms in total. The predicted molar refractivity (Wildman–Crippen MR) is 170 cm³/mol. The molecule has 0 aromatic heterocycles. The molecule has 236 valence electrons. The predicted octanol–water partition coefficient (Wildman–Crippen LogP) is 4.03. The molecule has 2 aliphatic heterocycles. The van der Waals surface area contributed by atoms with Gasteiger partial charge in [-0.3, -0.25) is 14.5 Å². The van der Waals surface area contributed by atoms with Crippen molar-refractivity contribution in [2.75, 3.05) is 73.1 Å². The Hall–Kier alpha value is -3.10. The Kier molecular flexibility index (Phi) is 8.08. The molecule has 2 aromatic carbocycles. The molecule has 2 atom stereocenters. The third-order valence-corrected chi connectivity index (χ3v) is 11.4. The number of likely N-dealkylation sites (N-methyl/N-ethyl adjacent to an activating group) is 1. The molecule has 8 heteroatoms. The van der Waals surface area contributed by atoms with Crippen LogP contribution in [0.2, 0.25) is 0 Å². The quantitative estimate of drug-likeness (QED) is 0.456. The van der Waals surface area contributed by atoms with Crippen molar-refractivity contribution in [3.8, 4) is 11.5 Å². The monoisotopic (exact) mass is 600 g/mol. The fourth-order valence-corrected chi connectivity index (χ4v) is 9.48. The Labute approximate surface area is 262 Å². The minimum Gasteiger partial charge on any atom is -0.497 e. The van der Waals surface area contributed by atoms with E-state index in [0.29, 0.717) is 17.7 Å². The fourth-order valence-electron chi connectivity index (χ4n) is 9.48. The van der Waals surface area contributed by atoms with Crippen molar-refractivity contribution in [2.24, 2.45) is 17.3 Å². The lowest BCUT2D eigenvalue weighted by atomic mass is 9.42. The third kappa shape index (κ3) is 5.83. The van der Waals surface area contributed by atoms with Crippen molar-refractivity contribution < 1.29 is 19.1 Å². The number of nitrogens with zero attached hydrogens (tertiary/aromatic N) is 4. The Morgan fingerprint density at radius 2 is 1.39 bits per heavy atom. The number of ether oxygens (including phenoxy) is 2. The molecule has 2 aromatic rings. The van der Waals surface area contributed by atoms with Gasteiger partial charge < -0.3 is 24.2 Å². The lowest BCUT2D eigenvalue weighted by Gasteiger charge is -2.62. The second-order valence-electron chi connectivity index (χ2n) is 14.4. The van der Waals surface area contributed by atoms with Gasteiger partial charge in [-0.15, -0.1) is 0 Å². The smallest absolute Gasteiger partial charge is 0.260 e. The minimum absolute atomic E-state index is 0.0604. The van der Waals surface area contributed by atoms with Crippen molar-refractivity contribution in [1.29, 1.82) is 0 Å². The summed E-state index contributed by atoms with van der Waals surface area (Å²) in [7, 11) is 3.79. The highest BCUT2D eigenvalue weighted by molar-refractivity contribution is 5.84. The van der Waals surface area contributed by atoms with E-state index in [-0.39, 0.29) is 23.3 Å². The number of benzene rings is 2. The zero-order chi connectivity index (χ0) is 30.3. The molecular weight excluding hydrogens is 552 g/mol. The van der Waals surface area contributed by atoms with Crippen LogP contribution in [-0.4, -0.2) is 105 Å². The molecule has 4 saturated carbocycles. The fraction of sp³-hybridized carbons (Fsp3) is 0.611. The van der Waals surface area contributed by atoms with Crippen LogP contribution in [0.4, 0.5) is 0 Å². The molecule has 4 aliphatic carbocycles. The van der Waals surface area contributed by atoms with Crippen LogP contribution in [0.1, 0.15) is 49.7 Å². The van der Waals surface area contributed by atoms with Crippen molar-refractivity contribution in [2.45, 2.75) is 50.5 Å². The molecule has 44 heavy (non-hydrogen) atoms. The van der Waals surface area contributed by atoms with Crippen LogP contribution < -0.4 is 9.47 Å². The van der Waals surface area contributed by atoms with Gasteiger partial charge in [-0.25, -0.2) is 0 Å². The number of methoxy groups -OCH3 is 1. The van der Waals surface area contributed by atoms with E-state index in [1.54, 1.807) is 7.11 Å². The standard InChI is InChI=1S/C36H48N4O4/c1-37-11-15-39(16-12-37)33(41)25-44-32-9-5-30(6-10-32)35-20-28-19-29(21-35)23-36(22-28,26-35)34(42)40-17-13-38(14-18-40)24-27-3-7-31(43-2)8-4-27/h3-10,28-29H,11-26H2,1-2H3. The van der Waals surface area contributed by atoms with E-state index in [9.17, 15) is 9.59 Å². The molecule has 0 radical (unpaired) electrons. The van der Waals surface area contributed by atoms with Crippen LogP contribution >= 0.6 is 0 Å². The van der Waals surface area contributed by atoms with Gasteiger partial charge in [-0.1, -0.05) is 24.3 Å². The number of carbonyl (C=O) groups excluding carboxylic acids is 2. The van der Waals surface area contributed by atoms with Crippen LogP contribution in [0.3, 0.4) is 0 Å². The summed E-state index contributed by atoms with van der Waals surface area (Å²) in [6.45, 7) is 7.83. The Balaban J connectivity index is 0.976. The molecule has 2 unspecified atom stereocenters. The Morgan fingerprint density at radius 3 is 2.02 bits per heavy atom. The number of hydrogen-bond acceptors (Lipinski definition) is 6. The van der Waals surface area contributed by atoms with Gasteiger partial charge in [-0.2, -0.15) is 0 Å². The molecule has 2 amide bonds. The number of hydrogen-bond donors (Lipinski definition) is 0. The average molecular weight is 601 g/mol. The van der Waals surface area contributed by atoms with Crippen molar-refractivity contribution in [1.82, 2.24) is 19.6 Å². The second-order valence-corrected chi connectivity index (χ2v) is 14.4. The SMILES string of the molecule is COc1ccc(CN2CCN(C(=O)C34CC5CC(C3)CC(c3ccc(OCC(=O)N6CCN(C)CC6)cc3)(C5)C4)CC2)cc1. The largest absolute Gasteiger partial charge is 0.497 e. The van der Waals surface area contributed by atoms with Gasteiger partial charge in [0.25, 0.3) is 5.91 Å². The van der Waals surface area contributed by atoms with Gasteiger partial charge in [0.15, 0.2) is 6.61 Å². The van der Waals surface area contributed by atoms with Crippen LogP contribution in [0.15, 0.2) is 48.5 Å². The summed E-state index contributed by atoms with van der Waals surface area (Å²) in [5.41, 5.74) is 2.49. The van der Waals surface area contributed by atoms with E-state index in [1.807, 2.05) is 29.2 Å². The van der Waals surface area contributed by atoms with E-state index in [4.69, 9.17) is 9.47 Å². The summed E-state index contributed by atoms with van der Waals surface area (Å²) in [6, 6.07) is 16.8. The van der Waals surface area contributed by atoms with Crippen molar-refractivity contribution in [3.63, 3.8) is 0 Å². The lowest BCUT2D eigenvalue weighted by molar-refractivity contribution is -0.162. The topological polar surface area (TPSA) is 65.6 Å². The summed E-state index contributed by atoms with van der Waals surface area (Å²) in [5.74, 6) is 3.38. The van der Waals surface area contributed by atoms with Gasteiger partial charge in [0.05, 0.1) is 12.5 Å². The Bertz CT molecular complexity index is 1310. The molecular formula is C36H48N4O4.